The highest BCUT2D eigenvalue weighted by Crippen LogP contribution is 2.25. The van der Waals surface area contributed by atoms with Gasteiger partial charge >= 0.3 is 0 Å². The summed E-state index contributed by atoms with van der Waals surface area (Å²) in [5.41, 5.74) is 3.43. The van der Waals surface area contributed by atoms with Crippen molar-refractivity contribution in [1.29, 1.82) is 0 Å². The monoisotopic (exact) mass is 412 g/mol. The molecule has 30 heavy (non-hydrogen) atoms. The topological polar surface area (TPSA) is 52.7 Å². The van der Waals surface area contributed by atoms with E-state index in [1.165, 1.54) is 4.68 Å². The summed E-state index contributed by atoms with van der Waals surface area (Å²) in [4.78, 5) is 13.0. The van der Waals surface area contributed by atoms with Gasteiger partial charge in [-0.15, -0.1) is 0 Å². The van der Waals surface area contributed by atoms with Gasteiger partial charge in [0, 0.05) is 27.7 Å². The largest absolute Gasteiger partial charge is 0.274 e. The van der Waals surface area contributed by atoms with Crippen LogP contribution in [0.25, 0.3) is 27.7 Å². The summed E-state index contributed by atoms with van der Waals surface area (Å²) in [5.74, 6) is 0. The van der Waals surface area contributed by atoms with Gasteiger partial charge in [-0.2, -0.15) is 10.2 Å². The van der Waals surface area contributed by atoms with Crippen molar-refractivity contribution in [3.05, 3.63) is 112 Å². The molecular formula is C24H17ClN4O. The molecule has 5 aromatic rings. The quantitative estimate of drug-likeness (QED) is 0.419. The first-order chi connectivity index (χ1) is 14.7. The molecule has 0 N–H and O–H groups in total. The predicted molar refractivity (Wildman–Crippen MR) is 119 cm³/mol. The average molecular weight is 413 g/mol. The zero-order valence-electron chi connectivity index (χ0n) is 15.9. The molecule has 0 aliphatic carbocycles. The van der Waals surface area contributed by atoms with Gasteiger partial charge in [0.05, 0.1) is 29.5 Å². The Kier molecular flexibility index (Phi) is 4.65. The molecule has 5 rings (SSSR count). The lowest BCUT2D eigenvalue weighted by Gasteiger charge is -2.06. The van der Waals surface area contributed by atoms with E-state index in [2.05, 4.69) is 5.10 Å². The molecule has 2 heterocycles. The number of halogens is 1. The smallest absolute Gasteiger partial charge is 0.267 e. The van der Waals surface area contributed by atoms with Crippen molar-refractivity contribution in [2.45, 2.75) is 6.54 Å². The highest BCUT2D eigenvalue weighted by molar-refractivity contribution is 6.30. The lowest BCUT2D eigenvalue weighted by Crippen LogP contribution is -2.23. The lowest BCUT2D eigenvalue weighted by molar-refractivity contribution is 0.648. The number of benzene rings is 3. The van der Waals surface area contributed by atoms with Crippen molar-refractivity contribution in [2.24, 2.45) is 0 Å². The van der Waals surface area contributed by atoms with Gasteiger partial charge in [0.1, 0.15) is 0 Å². The van der Waals surface area contributed by atoms with Gasteiger partial charge in [0.25, 0.3) is 5.56 Å². The van der Waals surface area contributed by atoms with Gasteiger partial charge in [-0.25, -0.2) is 9.36 Å². The van der Waals surface area contributed by atoms with Crippen LogP contribution in [-0.4, -0.2) is 19.6 Å². The van der Waals surface area contributed by atoms with Crippen LogP contribution in [0.2, 0.25) is 5.02 Å². The molecular weight excluding hydrogens is 396 g/mol. The molecule has 0 aliphatic rings. The maximum absolute atomic E-state index is 13.0. The Bertz CT molecular complexity index is 1390. The molecule has 146 valence electrons. The van der Waals surface area contributed by atoms with Gasteiger partial charge in [-0.1, -0.05) is 60.1 Å². The second-order valence-electron chi connectivity index (χ2n) is 6.98. The molecule has 2 aromatic heterocycles. The fraction of sp³-hybridized carbons (Fsp3) is 0.0417. The van der Waals surface area contributed by atoms with E-state index in [0.717, 1.165) is 27.9 Å². The first-order valence-corrected chi connectivity index (χ1v) is 9.91. The number of nitrogens with zero attached hydrogens (tertiary/aromatic N) is 4. The summed E-state index contributed by atoms with van der Waals surface area (Å²) in [6.45, 7) is 0.314. The van der Waals surface area contributed by atoms with Crippen molar-refractivity contribution in [2.75, 3.05) is 0 Å². The molecule has 0 spiro atoms. The molecule has 0 saturated carbocycles. The fourth-order valence-corrected chi connectivity index (χ4v) is 3.62. The molecule has 0 aliphatic heterocycles. The van der Waals surface area contributed by atoms with Crippen LogP contribution >= 0.6 is 11.6 Å². The SMILES string of the molecule is O=c1c2ccccc2cnn1Cc1cn(-c2ccccc2)nc1-c1ccc(Cl)cc1. The molecule has 0 radical (unpaired) electrons. The van der Waals surface area contributed by atoms with Gasteiger partial charge < -0.3 is 0 Å². The maximum Gasteiger partial charge on any atom is 0.274 e. The minimum absolute atomic E-state index is 0.123. The van der Waals surface area contributed by atoms with Crippen LogP contribution < -0.4 is 5.56 Å². The Labute approximate surface area is 177 Å². The molecule has 0 fully saturated rings. The van der Waals surface area contributed by atoms with Crippen molar-refractivity contribution in [3.8, 4) is 16.9 Å². The number of rotatable bonds is 4. The first-order valence-electron chi connectivity index (χ1n) is 9.54. The third-order valence-corrected chi connectivity index (χ3v) is 5.26. The Morgan fingerprint density at radius 2 is 1.60 bits per heavy atom. The molecule has 0 saturated heterocycles. The van der Waals surface area contributed by atoms with E-state index in [1.54, 1.807) is 6.20 Å². The van der Waals surface area contributed by atoms with Crippen molar-refractivity contribution < 1.29 is 0 Å². The third-order valence-electron chi connectivity index (χ3n) is 5.01. The van der Waals surface area contributed by atoms with E-state index < -0.39 is 0 Å². The van der Waals surface area contributed by atoms with E-state index in [-0.39, 0.29) is 5.56 Å². The second-order valence-corrected chi connectivity index (χ2v) is 7.42. The number of para-hydroxylation sites is 1. The summed E-state index contributed by atoms with van der Waals surface area (Å²) < 4.78 is 3.31. The summed E-state index contributed by atoms with van der Waals surface area (Å²) in [6.07, 6.45) is 3.67. The zero-order chi connectivity index (χ0) is 20.5. The highest BCUT2D eigenvalue weighted by Gasteiger charge is 2.15. The van der Waals surface area contributed by atoms with Gasteiger partial charge in [0.2, 0.25) is 0 Å². The zero-order valence-corrected chi connectivity index (χ0v) is 16.7. The Balaban J connectivity index is 1.63. The van der Waals surface area contributed by atoms with E-state index in [4.69, 9.17) is 16.7 Å². The summed E-state index contributed by atoms with van der Waals surface area (Å²) >= 11 is 6.06. The van der Waals surface area contributed by atoms with Crippen LogP contribution in [0.1, 0.15) is 5.56 Å². The second kappa shape index (κ2) is 7.61. The Morgan fingerprint density at radius 3 is 2.40 bits per heavy atom. The lowest BCUT2D eigenvalue weighted by atomic mass is 10.1. The standard InChI is InChI=1S/C24H17ClN4O/c25-20-12-10-17(11-13-20)23-19(15-28(27-23)21-7-2-1-3-8-21)16-29-24(30)22-9-5-4-6-18(22)14-26-29/h1-15H,16H2. The fourth-order valence-electron chi connectivity index (χ4n) is 3.49. The van der Waals surface area contributed by atoms with Crippen molar-refractivity contribution >= 4 is 22.4 Å². The van der Waals surface area contributed by atoms with E-state index in [1.807, 2.05) is 89.7 Å². The highest BCUT2D eigenvalue weighted by atomic mass is 35.5. The Morgan fingerprint density at radius 1 is 0.867 bits per heavy atom. The molecule has 6 heteroatoms. The predicted octanol–water partition coefficient (Wildman–Crippen LogP) is 4.95. The minimum atomic E-state index is -0.123. The van der Waals surface area contributed by atoms with Crippen LogP contribution in [0.4, 0.5) is 0 Å². The van der Waals surface area contributed by atoms with Gasteiger partial charge in [0.15, 0.2) is 0 Å². The summed E-state index contributed by atoms with van der Waals surface area (Å²) in [7, 11) is 0. The van der Waals surface area contributed by atoms with Crippen LogP contribution in [0, 0.1) is 0 Å². The number of fused-ring (bicyclic) bond motifs is 1. The van der Waals surface area contributed by atoms with Crippen LogP contribution in [-0.2, 0) is 6.54 Å². The number of hydrogen-bond acceptors (Lipinski definition) is 3. The molecule has 0 bridgehead atoms. The molecule has 5 nitrogen and oxygen atoms in total. The van der Waals surface area contributed by atoms with Crippen LogP contribution in [0.3, 0.4) is 0 Å². The van der Waals surface area contributed by atoms with Crippen LogP contribution in [0.15, 0.2) is 96.1 Å². The van der Waals surface area contributed by atoms with Crippen molar-refractivity contribution in [1.82, 2.24) is 19.6 Å². The van der Waals surface area contributed by atoms with Crippen LogP contribution in [0.5, 0.6) is 0 Å². The Hall–Kier alpha value is -3.70. The summed E-state index contributed by atoms with van der Waals surface area (Å²) in [5, 5.41) is 11.3. The van der Waals surface area contributed by atoms with E-state index >= 15 is 0 Å². The summed E-state index contributed by atoms with van der Waals surface area (Å²) in [6, 6.07) is 24.9. The molecule has 0 unspecified atom stereocenters. The minimum Gasteiger partial charge on any atom is -0.267 e. The van der Waals surface area contributed by atoms with Crippen molar-refractivity contribution in [3.63, 3.8) is 0 Å². The number of aromatic nitrogens is 4. The van der Waals surface area contributed by atoms with E-state index in [9.17, 15) is 4.79 Å². The van der Waals surface area contributed by atoms with Gasteiger partial charge in [-0.3, -0.25) is 4.79 Å². The maximum atomic E-state index is 13.0. The molecule has 0 atom stereocenters. The van der Waals surface area contributed by atoms with Gasteiger partial charge in [-0.05, 0) is 30.3 Å². The molecule has 3 aromatic carbocycles. The number of hydrogen-bond donors (Lipinski definition) is 0. The first kappa shape index (κ1) is 18.3. The molecule has 0 amide bonds. The van der Waals surface area contributed by atoms with E-state index in [0.29, 0.717) is 17.0 Å². The normalized spacial score (nSPS) is 11.1. The average Bonchev–Trinajstić information content (AvgIpc) is 3.21. The third kappa shape index (κ3) is 3.40.